The zero-order valence-corrected chi connectivity index (χ0v) is 13.8. The van der Waals surface area contributed by atoms with Crippen molar-refractivity contribution in [3.8, 4) is 11.1 Å². The topological polar surface area (TPSA) is 45.8 Å². The lowest BCUT2D eigenvalue weighted by Crippen LogP contribution is -2.08. The maximum atomic E-state index is 13.7. The summed E-state index contributed by atoms with van der Waals surface area (Å²) < 4.78 is 26.9. The van der Waals surface area contributed by atoms with Gasteiger partial charge in [-0.2, -0.15) is 5.10 Å². The summed E-state index contributed by atoms with van der Waals surface area (Å²) in [5.74, 6) is -2.02. The molecule has 1 unspecified atom stereocenters. The third-order valence-corrected chi connectivity index (χ3v) is 4.32. The number of rotatable bonds is 6. The van der Waals surface area contributed by atoms with Crippen molar-refractivity contribution in [2.24, 2.45) is 0 Å². The second kappa shape index (κ2) is 7.38. The maximum absolute atomic E-state index is 13.7. The van der Waals surface area contributed by atoms with Crippen molar-refractivity contribution in [3.05, 3.63) is 77.6 Å². The fourth-order valence-electron chi connectivity index (χ4n) is 2.85. The lowest BCUT2D eigenvalue weighted by molar-refractivity contribution is -0.118. The van der Waals surface area contributed by atoms with Gasteiger partial charge in [0.05, 0.1) is 6.20 Å². The first-order chi connectivity index (χ1) is 12.1. The highest BCUT2D eigenvalue weighted by atomic mass is 19.2. The highest BCUT2D eigenvalue weighted by molar-refractivity contribution is 5.79. The molecule has 2 aromatic carbocycles. The van der Waals surface area contributed by atoms with E-state index in [9.17, 15) is 13.6 Å². The number of H-pyrrole nitrogens is 1. The smallest absolute Gasteiger partial charge is 0.159 e. The van der Waals surface area contributed by atoms with Crippen LogP contribution >= 0.6 is 0 Å². The molecule has 1 heterocycles. The average Bonchev–Trinajstić information content (AvgIpc) is 3.17. The largest absolute Gasteiger partial charge is 0.300 e. The van der Waals surface area contributed by atoms with Gasteiger partial charge in [-0.05, 0) is 28.8 Å². The number of Topliss-reactive ketones (excluding diaryl/α,β-unsaturated/α-hetero) is 1. The summed E-state index contributed by atoms with van der Waals surface area (Å²) in [7, 11) is 0. The molecule has 25 heavy (non-hydrogen) atoms. The molecule has 0 radical (unpaired) electrons. The molecule has 0 aliphatic carbocycles. The molecule has 3 aromatic rings. The summed E-state index contributed by atoms with van der Waals surface area (Å²) in [5.41, 5.74) is 3.43. The van der Waals surface area contributed by atoms with Gasteiger partial charge in [0.2, 0.25) is 0 Å². The van der Waals surface area contributed by atoms with Crippen molar-refractivity contribution >= 4 is 5.78 Å². The summed E-state index contributed by atoms with van der Waals surface area (Å²) in [6.07, 6.45) is 4.19. The number of nitrogens with one attached hydrogen (secondary N) is 1. The predicted molar refractivity (Wildman–Crippen MR) is 92.1 cm³/mol. The molecule has 0 saturated heterocycles. The fraction of sp³-hybridized carbons (Fsp3) is 0.200. The molecular weight excluding hydrogens is 322 g/mol. The minimum atomic E-state index is -0.901. The Hall–Kier alpha value is -2.82. The fourth-order valence-corrected chi connectivity index (χ4v) is 2.85. The molecule has 3 nitrogen and oxygen atoms in total. The van der Waals surface area contributed by atoms with Crippen LogP contribution in [0.4, 0.5) is 8.78 Å². The number of aromatic nitrogens is 2. The summed E-state index contributed by atoms with van der Waals surface area (Å²) in [6, 6.07) is 11.5. The van der Waals surface area contributed by atoms with Crippen LogP contribution in [0.1, 0.15) is 36.8 Å². The van der Waals surface area contributed by atoms with E-state index in [-0.39, 0.29) is 18.1 Å². The molecule has 1 aromatic heterocycles. The van der Waals surface area contributed by atoms with Gasteiger partial charge in [-0.25, -0.2) is 8.78 Å². The number of ketones is 1. The van der Waals surface area contributed by atoms with Gasteiger partial charge in [0, 0.05) is 30.5 Å². The Morgan fingerprint density at radius 2 is 1.76 bits per heavy atom. The number of aromatic amines is 1. The predicted octanol–water partition coefficient (Wildman–Crippen LogP) is 4.86. The number of carbonyl (C=O) groups excluding carboxylic acids is 1. The Morgan fingerprint density at radius 3 is 2.36 bits per heavy atom. The number of benzene rings is 2. The van der Waals surface area contributed by atoms with Crippen LogP contribution in [0.5, 0.6) is 0 Å². The Balaban J connectivity index is 1.96. The summed E-state index contributed by atoms with van der Waals surface area (Å²) >= 11 is 0. The standard InChI is InChI=1S/C20H18F2N2O/c1-2-17(25)10-18(15-7-8-19(21)20(22)9-15)14-5-3-13(4-6-14)16-11-23-24-12-16/h3-9,11-12,18H,2,10H2,1H3,(H,23,24). The van der Waals surface area contributed by atoms with E-state index in [1.165, 1.54) is 12.1 Å². The molecule has 5 heteroatoms. The first kappa shape index (κ1) is 17.0. The highest BCUT2D eigenvalue weighted by Gasteiger charge is 2.19. The lowest BCUT2D eigenvalue weighted by Gasteiger charge is -2.18. The van der Waals surface area contributed by atoms with Crippen molar-refractivity contribution in [1.29, 1.82) is 0 Å². The van der Waals surface area contributed by atoms with E-state index >= 15 is 0 Å². The Morgan fingerprint density at radius 1 is 1.04 bits per heavy atom. The summed E-state index contributed by atoms with van der Waals surface area (Å²) in [6.45, 7) is 1.80. The first-order valence-electron chi connectivity index (χ1n) is 8.14. The van der Waals surface area contributed by atoms with Gasteiger partial charge < -0.3 is 0 Å². The molecule has 3 rings (SSSR count). The van der Waals surface area contributed by atoms with Gasteiger partial charge in [-0.15, -0.1) is 0 Å². The molecule has 0 saturated carbocycles. The number of carbonyl (C=O) groups is 1. The Labute approximate surface area is 144 Å². The van der Waals surface area contributed by atoms with E-state index in [0.29, 0.717) is 12.0 Å². The third-order valence-electron chi connectivity index (χ3n) is 4.32. The SMILES string of the molecule is CCC(=O)CC(c1ccc(-c2cn[nH]c2)cc1)c1ccc(F)c(F)c1. The molecular formula is C20H18F2N2O. The van der Waals surface area contributed by atoms with Crippen molar-refractivity contribution in [3.63, 3.8) is 0 Å². The van der Waals surface area contributed by atoms with Crippen LogP contribution in [-0.4, -0.2) is 16.0 Å². The number of hydrogen-bond acceptors (Lipinski definition) is 2. The Bertz CT molecular complexity index is 858. The van der Waals surface area contributed by atoms with Gasteiger partial charge in [0.1, 0.15) is 5.78 Å². The molecule has 1 atom stereocenters. The van der Waals surface area contributed by atoms with Crippen LogP contribution in [0.15, 0.2) is 54.9 Å². The normalized spacial score (nSPS) is 12.1. The van der Waals surface area contributed by atoms with E-state index < -0.39 is 11.6 Å². The van der Waals surface area contributed by atoms with Gasteiger partial charge in [-0.3, -0.25) is 9.89 Å². The number of nitrogens with zero attached hydrogens (tertiary/aromatic N) is 1. The van der Waals surface area contributed by atoms with E-state index in [2.05, 4.69) is 10.2 Å². The summed E-state index contributed by atoms with van der Waals surface area (Å²) in [5, 5.41) is 6.69. The van der Waals surface area contributed by atoms with Crippen LogP contribution in [0, 0.1) is 11.6 Å². The van der Waals surface area contributed by atoms with Crippen molar-refractivity contribution < 1.29 is 13.6 Å². The molecule has 128 valence electrons. The zero-order chi connectivity index (χ0) is 17.8. The van der Waals surface area contributed by atoms with E-state index in [0.717, 1.165) is 22.8 Å². The van der Waals surface area contributed by atoms with Crippen LogP contribution in [0.3, 0.4) is 0 Å². The molecule has 0 spiro atoms. The second-order valence-electron chi connectivity index (χ2n) is 5.93. The van der Waals surface area contributed by atoms with Crippen molar-refractivity contribution in [1.82, 2.24) is 10.2 Å². The minimum absolute atomic E-state index is 0.0774. The van der Waals surface area contributed by atoms with Crippen LogP contribution in [0.25, 0.3) is 11.1 Å². The third kappa shape index (κ3) is 3.82. The highest BCUT2D eigenvalue weighted by Crippen LogP contribution is 2.31. The van der Waals surface area contributed by atoms with Gasteiger partial charge in [0.15, 0.2) is 11.6 Å². The van der Waals surface area contributed by atoms with Gasteiger partial charge in [0.25, 0.3) is 0 Å². The second-order valence-corrected chi connectivity index (χ2v) is 5.93. The average molecular weight is 340 g/mol. The van der Waals surface area contributed by atoms with E-state index in [4.69, 9.17) is 0 Å². The molecule has 0 aliphatic rings. The van der Waals surface area contributed by atoms with E-state index in [1.54, 1.807) is 19.3 Å². The number of hydrogen-bond donors (Lipinski definition) is 1. The van der Waals surface area contributed by atoms with Crippen molar-refractivity contribution in [2.45, 2.75) is 25.7 Å². The van der Waals surface area contributed by atoms with Gasteiger partial charge >= 0.3 is 0 Å². The van der Waals surface area contributed by atoms with Gasteiger partial charge in [-0.1, -0.05) is 37.3 Å². The molecule has 0 aliphatic heterocycles. The van der Waals surface area contributed by atoms with Crippen LogP contribution in [-0.2, 0) is 4.79 Å². The number of halogens is 2. The van der Waals surface area contributed by atoms with Crippen molar-refractivity contribution in [2.75, 3.05) is 0 Å². The first-order valence-corrected chi connectivity index (χ1v) is 8.14. The molecule has 0 amide bonds. The maximum Gasteiger partial charge on any atom is 0.159 e. The monoisotopic (exact) mass is 340 g/mol. The minimum Gasteiger partial charge on any atom is -0.300 e. The van der Waals surface area contributed by atoms with Crippen LogP contribution in [0.2, 0.25) is 0 Å². The molecule has 1 N–H and O–H groups in total. The summed E-state index contributed by atoms with van der Waals surface area (Å²) in [4.78, 5) is 12.0. The van der Waals surface area contributed by atoms with E-state index in [1.807, 2.05) is 24.3 Å². The molecule has 0 bridgehead atoms. The lowest BCUT2D eigenvalue weighted by atomic mass is 9.86. The molecule has 0 fully saturated rings. The quantitative estimate of drug-likeness (QED) is 0.697. The van der Waals surface area contributed by atoms with Crippen LogP contribution < -0.4 is 0 Å². The Kier molecular flexibility index (Phi) is 5.03. The zero-order valence-electron chi connectivity index (χ0n) is 13.8.